The molecule has 2 aromatic heterocycles. The summed E-state index contributed by atoms with van der Waals surface area (Å²) < 4.78 is 10.5. The van der Waals surface area contributed by atoms with Gasteiger partial charge in [-0.15, -0.1) is 22.7 Å². The number of benzene rings is 2. The summed E-state index contributed by atoms with van der Waals surface area (Å²) in [5.41, 5.74) is 3.81. The fourth-order valence-corrected chi connectivity index (χ4v) is 6.42. The molecule has 0 bridgehead atoms. The first kappa shape index (κ1) is 30.9. The number of carbonyl (C=O) groups is 2. The van der Waals surface area contributed by atoms with Crippen LogP contribution in [0.3, 0.4) is 0 Å². The molecule has 6 rings (SSSR count). The minimum absolute atomic E-state index is 0.299. The van der Waals surface area contributed by atoms with Gasteiger partial charge >= 0.3 is 11.9 Å². The maximum atomic E-state index is 12.7. The summed E-state index contributed by atoms with van der Waals surface area (Å²) in [5.74, 6) is -1.69. The predicted octanol–water partition coefficient (Wildman–Crippen LogP) is 4.79. The normalized spacial score (nSPS) is 14.0. The van der Waals surface area contributed by atoms with Gasteiger partial charge in [0.15, 0.2) is 10.1 Å². The Morgan fingerprint density at radius 3 is 1.43 bits per heavy atom. The van der Waals surface area contributed by atoms with Crippen molar-refractivity contribution in [1.82, 2.24) is 10.1 Å². The van der Waals surface area contributed by atoms with E-state index < -0.39 is 11.9 Å². The first-order chi connectivity index (χ1) is 22.4. The zero-order valence-electron chi connectivity index (χ0n) is 25.2. The number of guanidine groups is 2. The summed E-state index contributed by atoms with van der Waals surface area (Å²) in [6, 6.07) is 23.8. The number of carbonyl (C=O) groups excluding carboxylic acids is 2. The van der Waals surface area contributed by atoms with Crippen molar-refractivity contribution in [2.24, 2.45) is 9.98 Å². The number of aliphatic imine (C=N–C) groups is 2. The van der Waals surface area contributed by atoms with Crippen LogP contribution in [0.25, 0.3) is 0 Å². The molecule has 14 heteroatoms. The van der Waals surface area contributed by atoms with Crippen LogP contribution >= 0.6 is 22.7 Å². The van der Waals surface area contributed by atoms with Crippen LogP contribution in [0.1, 0.15) is 20.9 Å². The second kappa shape index (κ2) is 14.3. The second-order valence-corrected chi connectivity index (χ2v) is 12.5. The van der Waals surface area contributed by atoms with Crippen molar-refractivity contribution < 1.29 is 28.7 Å². The summed E-state index contributed by atoms with van der Waals surface area (Å²) in [4.78, 5) is 47.2. The Labute approximate surface area is 273 Å². The van der Waals surface area contributed by atoms with Gasteiger partial charge in [-0.3, -0.25) is 0 Å². The summed E-state index contributed by atoms with van der Waals surface area (Å²) in [5, 5.41) is 10.6. The minimum Gasteiger partial charge on any atom is -0.487 e. The van der Waals surface area contributed by atoms with Gasteiger partial charge in [0.2, 0.25) is 11.9 Å². The van der Waals surface area contributed by atoms with Crippen LogP contribution in [0.5, 0.6) is 10.1 Å². The number of hydroxylamine groups is 4. The molecule has 0 saturated carbocycles. The van der Waals surface area contributed by atoms with Crippen molar-refractivity contribution in [3.8, 4) is 10.1 Å². The van der Waals surface area contributed by atoms with E-state index in [9.17, 15) is 9.59 Å². The van der Waals surface area contributed by atoms with Crippen LogP contribution in [0.15, 0.2) is 82.8 Å². The van der Waals surface area contributed by atoms with Crippen LogP contribution in [-0.2, 0) is 32.1 Å². The van der Waals surface area contributed by atoms with Gasteiger partial charge in [-0.25, -0.2) is 19.6 Å². The highest BCUT2D eigenvalue weighted by Crippen LogP contribution is 2.27. The molecule has 2 aromatic carbocycles. The third-order valence-electron chi connectivity index (χ3n) is 7.01. The topological polar surface area (TPSA) is 126 Å². The predicted molar refractivity (Wildman–Crippen MR) is 178 cm³/mol. The molecule has 0 fully saturated rings. The molecule has 0 radical (unpaired) electrons. The van der Waals surface area contributed by atoms with Gasteiger partial charge in [0.05, 0.1) is 40.4 Å². The summed E-state index contributed by atoms with van der Waals surface area (Å²) in [6.45, 7) is 1.40. The zero-order chi connectivity index (χ0) is 31.9. The molecule has 4 aromatic rings. The number of rotatable bonds is 10. The number of nitrogens with zero attached hydrogens (tertiary/aromatic N) is 4. The molecular formula is C32H32N6O6S2. The molecule has 2 aliphatic rings. The maximum absolute atomic E-state index is 12.7. The lowest BCUT2D eigenvalue weighted by Crippen LogP contribution is -2.41. The lowest BCUT2D eigenvalue weighted by molar-refractivity contribution is -0.198. The molecule has 0 atom stereocenters. The van der Waals surface area contributed by atoms with Crippen LogP contribution in [-0.4, -0.2) is 74.4 Å². The second-order valence-electron chi connectivity index (χ2n) is 10.2. The number of thiophene rings is 2. The van der Waals surface area contributed by atoms with Gasteiger partial charge in [-0.2, -0.15) is 10.1 Å². The van der Waals surface area contributed by atoms with E-state index in [4.69, 9.17) is 19.1 Å². The fourth-order valence-electron chi connectivity index (χ4n) is 4.72. The van der Waals surface area contributed by atoms with Gasteiger partial charge in [-0.1, -0.05) is 24.3 Å². The average Bonchev–Trinajstić information content (AvgIpc) is 3.89. The monoisotopic (exact) mass is 660 g/mol. The number of hydrogen-bond donors (Lipinski definition) is 2. The Kier molecular flexibility index (Phi) is 9.65. The molecule has 0 spiro atoms. The molecule has 0 amide bonds. The van der Waals surface area contributed by atoms with Gasteiger partial charge < -0.3 is 29.8 Å². The van der Waals surface area contributed by atoms with E-state index in [1.54, 1.807) is 36.9 Å². The van der Waals surface area contributed by atoms with Crippen LogP contribution in [0.2, 0.25) is 0 Å². The molecule has 0 saturated heterocycles. The third kappa shape index (κ3) is 7.76. The van der Waals surface area contributed by atoms with Crippen molar-refractivity contribution in [2.45, 2.75) is 12.8 Å². The largest absolute Gasteiger partial charge is 0.487 e. The highest BCUT2D eigenvalue weighted by Gasteiger charge is 2.31. The fraction of sp³-hybridized carbons (Fsp3) is 0.250. The van der Waals surface area contributed by atoms with E-state index >= 15 is 0 Å². The smallest absolute Gasteiger partial charge is 0.444 e. The number of anilines is 2. The Hall–Kier alpha value is -5.08. The van der Waals surface area contributed by atoms with Gasteiger partial charge in [0.25, 0.3) is 0 Å². The zero-order valence-corrected chi connectivity index (χ0v) is 26.9. The van der Waals surface area contributed by atoms with Crippen molar-refractivity contribution in [3.05, 3.63) is 93.7 Å². The Balaban J connectivity index is 0.972. The van der Waals surface area contributed by atoms with E-state index in [2.05, 4.69) is 32.8 Å². The summed E-state index contributed by atoms with van der Waals surface area (Å²) >= 11 is 3.22. The first-order valence-corrected chi connectivity index (χ1v) is 16.1. The number of hydrogen-bond acceptors (Lipinski definition) is 14. The van der Waals surface area contributed by atoms with Gasteiger partial charge in [0.1, 0.15) is 0 Å². The standard InChI is InChI=1S/C32H32N6O6S2/c1-41-27-13-11-25(45-27)19-21-3-7-23(8-4-21)35-31-33-15-17-37(31)43-29(39)30(40)44-38-18-16-34-32(38)36-24-9-5-22(6-10-24)20-26-12-14-28(42-2)46-26/h3-14H,15-20H2,1-2H3,(H,33,35)(H,34,36). The van der Waals surface area contributed by atoms with E-state index in [-0.39, 0.29) is 0 Å². The van der Waals surface area contributed by atoms with Crippen molar-refractivity contribution in [2.75, 3.05) is 51.0 Å². The Morgan fingerprint density at radius 2 is 1.07 bits per heavy atom. The summed E-state index contributed by atoms with van der Waals surface area (Å²) in [7, 11) is 3.32. The molecule has 238 valence electrons. The van der Waals surface area contributed by atoms with E-state index in [1.165, 1.54) is 19.9 Å². The van der Waals surface area contributed by atoms with E-state index in [1.807, 2.05) is 60.7 Å². The quantitative estimate of drug-likeness (QED) is 0.229. The SMILES string of the molecule is COc1ccc(Cc2ccc(NC3=NCCN3OC(=O)C(=O)ON3CCN=C3Nc3ccc(Cc4ccc(OC)s4)cc3)cc2)s1. The van der Waals surface area contributed by atoms with Gasteiger partial charge in [-0.05, 0) is 59.7 Å². The maximum Gasteiger partial charge on any atom is 0.444 e. The van der Waals surface area contributed by atoms with Crippen molar-refractivity contribution in [3.63, 3.8) is 0 Å². The van der Waals surface area contributed by atoms with Crippen LogP contribution < -0.4 is 20.1 Å². The molecular weight excluding hydrogens is 629 g/mol. The summed E-state index contributed by atoms with van der Waals surface area (Å²) in [6.07, 6.45) is 1.58. The molecule has 2 N–H and O–H groups in total. The number of ether oxygens (including phenoxy) is 2. The van der Waals surface area contributed by atoms with Crippen LogP contribution in [0.4, 0.5) is 11.4 Å². The number of nitrogens with one attached hydrogen (secondary N) is 2. The van der Waals surface area contributed by atoms with Crippen LogP contribution in [0, 0.1) is 0 Å². The lowest BCUT2D eigenvalue weighted by atomic mass is 10.1. The van der Waals surface area contributed by atoms with Crippen molar-refractivity contribution >= 4 is 57.9 Å². The molecule has 0 unspecified atom stereocenters. The number of methoxy groups -OCH3 is 2. The van der Waals surface area contributed by atoms with E-state index in [0.717, 1.165) is 45.5 Å². The average molecular weight is 661 g/mol. The molecule has 2 aliphatic heterocycles. The third-order valence-corrected chi connectivity index (χ3v) is 9.10. The Morgan fingerprint density at radius 1 is 0.652 bits per heavy atom. The van der Waals surface area contributed by atoms with E-state index in [0.29, 0.717) is 38.1 Å². The highest BCUT2D eigenvalue weighted by molar-refractivity contribution is 7.14. The highest BCUT2D eigenvalue weighted by atomic mass is 32.1. The lowest BCUT2D eigenvalue weighted by Gasteiger charge is -2.21. The molecule has 0 aliphatic carbocycles. The molecule has 12 nitrogen and oxygen atoms in total. The minimum atomic E-state index is -1.17. The van der Waals surface area contributed by atoms with Gasteiger partial charge in [0, 0.05) is 34.0 Å². The molecule has 4 heterocycles. The first-order valence-electron chi connectivity index (χ1n) is 14.5. The Bertz CT molecular complexity index is 1610. The van der Waals surface area contributed by atoms with Crippen molar-refractivity contribution in [1.29, 1.82) is 0 Å². The molecule has 46 heavy (non-hydrogen) atoms.